The zero-order valence-electron chi connectivity index (χ0n) is 11.4. The number of rotatable bonds is 4. The molecule has 0 unspecified atom stereocenters. The molecule has 1 heterocycles. The number of anilines is 3. The maximum absolute atomic E-state index is 4.26. The van der Waals surface area contributed by atoms with Crippen LogP contribution in [0.15, 0.2) is 34.9 Å². The Kier molecular flexibility index (Phi) is 4.43. The average molecular weight is 320 g/mol. The van der Waals surface area contributed by atoms with Crippen LogP contribution in [0.3, 0.4) is 0 Å². The first-order valence-corrected chi connectivity index (χ1v) is 7.13. The Hall–Kier alpha value is -1.55. The average Bonchev–Trinajstić information content (AvgIpc) is 2.37. The molecule has 1 aromatic carbocycles. The van der Waals surface area contributed by atoms with Gasteiger partial charge in [-0.3, -0.25) is 0 Å². The topological polar surface area (TPSA) is 37.0 Å². The first kappa shape index (κ1) is 13.9. The second-order valence-electron chi connectivity index (χ2n) is 4.51. The molecule has 2 rings (SSSR count). The van der Waals surface area contributed by atoms with Crippen LogP contribution in [0.25, 0.3) is 0 Å². The molecule has 0 bridgehead atoms. The van der Waals surface area contributed by atoms with E-state index in [0.717, 1.165) is 23.7 Å². The standard InChI is InChI=1S/C15H18BrN3/c1-4-17-14-9-12(5-6-18-14)19-13-7-10(2)15(16)11(3)8-13/h5-9H,4H2,1-3H3,(H2,17,18,19). The van der Waals surface area contributed by atoms with Gasteiger partial charge in [-0.1, -0.05) is 15.9 Å². The van der Waals surface area contributed by atoms with Gasteiger partial charge in [0.25, 0.3) is 0 Å². The minimum atomic E-state index is 0.868. The molecular formula is C15H18BrN3. The van der Waals surface area contributed by atoms with Gasteiger partial charge in [0.05, 0.1) is 0 Å². The Balaban J connectivity index is 2.23. The van der Waals surface area contributed by atoms with Crippen LogP contribution in [0.1, 0.15) is 18.1 Å². The summed E-state index contributed by atoms with van der Waals surface area (Å²) in [4.78, 5) is 4.26. The van der Waals surface area contributed by atoms with E-state index in [1.54, 1.807) is 6.20 Å². The molecule has 1 aromatic heterocycles. The summed E-state index contributed by atoms with van der Waals surface area (Å²) in [7, 11) is 0. The molecule has 3 nitrogen and oxygen atoms in total. The SMILES string of the molecule is CCNc1cc(Nc2cc(C)c(Br)c(C)c2)ccn1. The molecule has 0 saturated heterocycles. The zero-order chi connectivity index (χ0) is 13.8. The summed E-state index contributed by atoms with van der Waals surface area (Å²) >= 11 is 3.58. The van der Waals surface area contributed by atoms with Crippen molar-refractivity contribution in [2.24, 2.45) is 0 Å². The van der Waals surface area contributed by atoms with Gasteiger partial charge >= 0.3 is 0 Å². The molecule has 2 N–H and O–H groups in total. The number of aryl methyl sites for hydroxylation is 2. The molecule has 0 radical (unpaired) electrons. The lowest BCUT2D eigenvalue weighted by molar-refractivity contribution is 1.16. The number of aromatic nitrogens is 1. The fourth-order valence-corrected chi connectivity index (χ4v) is 2.20. The molecule has 0 amide bonds. The van der Waals surface area contributed by atoms with E-state index in [1.807, 2.05) is 12.1 Å². The number of pyridine rings is 1. The summed E-state index contributed by atoms with van der Waals surface area (Å²) in [5.74, 6) is 0.887. The third-order valence-electron chi connectivity index (χ3n) is 2.84. The van der Waals surface area contributed by atoms with Crippen molar-refractivity contribution >= 4 is 33.1 Å². The molecule has 4 heteroatoms. The van der Waals surface area contributed by atoms with E-state index >= 15 is 0 Å². The minimum Gasteiger partial charge on any atom is -0.370 e. The van der Waals surface area contributed by atoms with Gasteiger partial charge in [0.1, 0.15) is 5.82 Å². The lowest BCUT2D eigenvalue weighted by Gasteiger charge is -2.11. The fourth-order valence-electron chi connectivity index (χ4n) is 1.97. The van der Waals surface area contributed by atoms with E-state index < -0.39 is 0 Å². The molecule has 2 aromatic rings. The van der Waals surface area contributed by atoms with E-state index in [1.165, 1.54) is 15.6 Å². The van der Waals surface area contributed by atoms with Crippen molar-refractivity contribution in [3.05, 3.63) is 46.1 Å². The Morgan fingerprint density at radius 1 is 1.11 bits per heavy atom. The fraction of sp³-hybridized carbons (Fsp3) is 0.267. The van der Waals surface area contributed by atoms with Crippen molar-refractivity contribution in [2.45, 2.75) is 20.8 Å². The molecule has 0 aliphatic heterocycles. The van der Waals surface area contributed by atoms with E-state index in [0.29, 0.717) is 0 Å². The quantitative estimate of drug-likeness (QED) is 0.862. The van der Waals surface area contributed by atoms with E-state index in [2.05, 4.69) is 64.5 Å². The van der Waals surface area contributed by atoms with Crippen LogP contribution < -0.4 is 10.6 Å². The summed E-state index contributed by atoms with van der Waals surface area (Å²) in [5, 5.41) is 6.62. The normalized spacial score (nSPS) is 10.3. The van der Waals surface area contributed by atoms with Gasteiger partial charge in [0.2, 0.25) is 0 Å². The molecule has 100 valence electrons. The smallest absolute Gasteiger partial charge is 0.127 e. The van der Waals surface area contributed by atoms with Crippen LogP contribution in [0.4, 0.5) is 17.2 Å². The molecule has 0 fully saturated rings. The van der Waals surface area contributed by atoms with E-state index in [4.69, 9.17) is 0 Å². The maximum Gasteiger partial charge on any atom is 0.127 e. The predicted molar refractivity (Wildman–Crippen MR) is 85.3 cm³/mol. The van der Waals surface area contributed by atoms with Gasteiger partial charge in [0.15, 0.2) is 0 Å². The number of benzene rings is 1. The number of halogens is 1. The lowest BCUT2D eigenvalue weighted by Crippen LogP contribution is -2.00. The van der Waals surface area contributed by atoms with Crippen LogP contribution in [0, 0.1) is 13.8 Å². The van der Waals surface area contributed by atoms with E-state index in [-0.39, 0.29) is 0 Å². The highest BCUT2D eigenvalue weighted by atomic mass is 79.9. The van der Waals surface area contributed by atoms with Gasteiger partial charge in [-0.05, 0) is 50.1 Å². The predicted octanol–water partition coefficient (Wildman–Crippen LogP) is 4.64. The summed E-state index contributed by atoms with van der Waals surface area (Å²) in [6.07, 6.45) is 1.80. The van der Waals surface area contributed by atoms with Gasteiger partial charge < -0.3 is 10.6 Å². The zero-order valence-corrected chi connectivity index (χ0v) is 13.0. The largest absolute Gasteiger partial charge is 0.370 e. The number of hydrogen-bond donors (Lipinski definition) is 2. The third kappa shape index (κ3) is 3.47. The van der Waals surface area contributed by atoms with Crippen molar-refractivity contribution in [2.75, 3.05) is 17.2 Å². The number of hydrogen-bond acceptors (Lipinski definition) is 3. The van der Waals surface area contributed by atoms with Crippen LogP contribution >= 0.6 is 15.9 Å². The van der Waals surface area contributed by atoms with Crippen molar-refractivity contribution < 1.29 is 0 Å². The first-order valence-electron chi connectivity index (χ1n) is 6.34. The number of nitrogens with zero attached hydrogens (tertiary/aromatic N) is 1. The molecular weight excluding hydrogens is 302 g/mol. The second kappa shape index (κ2) is 6.06. The van der Waals surface area contributed by atoms with Gasteiger partial charge in [0, 0.05) is 34.7 Å². The molecule has 0 spiro atoms. The van der Waals surface area contributed by atoms with Crippen molar-refractivity contribution in [3.63, 3.8) is 0 Å². The summed E-state index contributed by atoms with van der Waals surface area (Å²) in [6, 6.07) is 8.23. The van der Waals surface area contributed by atoms with Gasteiger partial charge in [-0.15, -0.1) is 0 Å². The van der Waals surface area contributed by atoms with Crippen LogP contribution in [-0.2, 0) is 0 Å². The Bertz CT molecular complexity index is 558. The second-order valence-corrected chi connectivity index (χ2v) is 5.30. The summed E-state index contributed by atoms with van der Waals surface area (Å²) < 4.78 is 1.17. The molecule has 0 atom stereocenters. The Morgan fingerprint density at radius 3 is 2.42 bits per heavy atom. The molecule has 0 saturated carbocycles. The van der Waals surface area contributed by atoms with Crippen LogP contribution in [0.2, 0.25) is 0 Å². The van der Waals surface area contributed by atoms with Crippen molar-refractivity contribution in [1.82, 2.24) is 4.98 Å². The summed E-state index contributed by atoms with van der Waals surface area (Å²) in [6.45, 7) is 7.12. The molecule has 19 heavy (non-hydrogen) atoms. The monoisotopic (exact) mass is 319 g/mol. The van der Waals surface area contributed by atoms with E-state index in [9.17, 15) is 0 Å². The highest BCUT2D eigenvalue weighted by molar-refractivity contribution is 9.10. The molecule has 0 aliphatic carbocycles. The Morgan fingerprint density at radius 2 is 1.79 bits per heavy atom. The highest BCUT2D eigenvalue weighted by Crippen LogP contribution is 2.27. The van der Waals surface area contributed by atoms with Gasteiger partial charge in [-0.2, -0.15) is 0 Å². The third-order valence-corrected chi connectivity index (χ3v) is 4.09. The number of nitrogens with one attached hydrogen (secondary N) is 2. The van der Waals surface area contributed by atoms with Crippen molar-refractivity contribution in [3.8, 4) is 0 Å². The lowest BCUT2D eigenvalue weighted by atomic mass is 10.1. The first-order chi connectivity index (χ1) is 9.10. The Labute approximate surface area is 122 Å². The maximum atomic E-state index is 4.26. The highest BCUT2D eigenvalue weighted by Gasteiger charge is 2.03. The van der Waals surface area contributed by atoms with Crippen LogP contribution in [0.5, 0.6) is 0 Å². The van der Waals surface area contributed by atoms with Gasteiger partial charge in [-0.25, -0.2) is 4.98 Å². The summed E-state index contributed by atoms with van der Waals surface area (Å²) in [5.41, 5.74) is 4.57. The minimum absolute atomic E-state index is 0.868. The molecule has 0 aliphatic rings. The van der Waals surface area contributed by atoms with Crippen molar-refractivity contribution in [1.29, 1.82) is 0 Å². The van der Waals surface area contributed by atoms with Crippen LogP contribution in [-0.4, -0.2) is 11.5 Å².